The first kappa shape index (κ1) is 11.4. The molecule has 2 fully saturated rings. The molecule has 0 aromatic rings. The monoisotopic (exact) mass is 210 g/mol. The summed E-state index contributed by atoms with van der Waals surface area (Å²) in [6.45, 7) is 0. The second-order valence-electron chi connectivity index (χ2n) is 6.21. The van der Waals surface area contributed by atoms with Gasteiger partial charge in [-0.3, -0.25) is 0 Å². The second-order valence-corrected chi connectivity index (χ2v) is 6.21. The molecule has 1 nitrogen and oxygen atoms in total. The van der Waals surface area contributed by atoms with Crippen molar-refractivity contribution < 1.29 is 4.48 Å². The van der Waals surface area contributed by atoms with Crippen LogP contribution in [0.15, 0.2) is 0 Å². The van der Waals surface area contributed by atoms with E-state index in [1.54, 1.807) is 0 Å². The topological polar surface area (TPSA) is 0 Å². The summed E-state index contributed by atoms with van der Waals surface area (Å²) in [7, 11) is 5.01. The number of hydrogen-bond acceptors (Lipinski definition) is 0. The average molecular weight is 210 g/mol. The summed E-state index contributed by atoms with van der Waals surface area (Å²) in [5.41, 5.74) is 0. The van der Waals surface area contributed by atoms with Gasteiger partial charge in [0, 0.05) is 0 Å². The van der Waals surface area contributed by atoms with Gasteiger partial charge in [-0.1, -0.05) is 12.8 Å². The molecule has 0 spiro atoms. The highest BCUT2D eigenvalue weighted by Gasteiger charge is 2.37. The van der Waals surface area contributed by atoms with Crippen LogP contribution in [0.1, 0.15) is 64.2 Å². The van der Waals surface area contributed by atoms with E-state index >= 15 is 0 Å². The molecule has 0 aromatic heterocycles. The molecule has 0 aromatic carbocycles. The lowest BCUT2D eigenvalue weighted by atomic mass is 9.87. The van der Waals surface area contributed by atoms with Crippen LogP contribution < -0.4 is 0 Å². The van der Waals surface area contributed by atoms with Crippen LogP contribution in [0.4, 0.5) is 0 Å². The quantitative estimate of drug-likeness (QED) is 0.609. The Bertz CT molecular complexity index is 166. The molecule has 2 saturated carbocycles. The van der Waals surface area contributed by atoms with Crippen molar-refractivity contribution in [3.05, 3.63) is 0 Å². The van der Waals surface area contributed by atoms with Crippen molar-refractivity contribution in [2.75, 3.05) is 14.1 Å². The van der Waals surface area contributed by atoms with Crippen LogP contribution >= 0.6 is 0 Å². The number of quaternary nitrogens is 1. The van der Waals surface area contributed by atoms with Crippen LogP contribution in [-0.4, -0.2) is 30.7 Å². The molecule has 0 amide bonds. The summed E-state index contributed by atoms with van der Waals surface area (Å²) in [6.07, 6.45) is 14.9. The predicted octanol–water partition coefficient (Wildman–Crippen LogP) is 3.73. The molecule has 0 heterocycles. The maximum atomic E-state index is 2.51. The minimum absolute atomic E-state index is 0.974. The van der Waals surface area contributed by atoms with Crippen molar-refractivity contribution in [3.63, 3.8) is 0 Å². The summed E-state index contributed by atoms with van der Waals surface area (Å²) in [4.78, 5) is 0. The summed E-state index contributed by atoms with van der Waals surface area (Å²) in [5.74, 6) is 0. The first-order chi connectivity index (χ1) is 7.21. The van der Waals surface area contributed by atoms with Gasteiger partial charge in [-0.25, -0.2) is 0 Å². The molecular weight excluding hydrogens is 182 g/mol. The number of nitrogens with zero attached hydrogens (tertiary/aromatic N) is 1. The molecule has 0 N–H and O–H groups in total. The van der Waals surface area contributed by atoms with E-state index < -0.39 is 0 Å². The predicted molar refractivity (Wildman–Crippen MR) is 65.9 cm³/mol. The zero-order chi connectivity index (χ0) is 10.7. The Labute approximate surface area is 95.4 Å². The Hall–Kier alpha value is -0.0400. The van der Waals surface area contributed by atoms with Crippen molar-refractivity contribution in [3.8, 4) is 0 Å². The highest BCUT2D eigenvalue weighted by molar-refractivity contribution is 4.72. The summed E-state index contributed by atoms with van der Waals surface area (Å²) in [5, 5.41) is 0. The molecule has 0 unspecified atom stereocenters. The molecule has 0 atom stereocenters. The van der Waals surface area contributed by atoms with Crippen molar-refractivity contribution in [1.29, 1.82) is 0 Å². The Morgan fingerprint density at radius 2 is 0.933 bits per heavy atom. The fraction of sp³-hybridized carbons (Fsp3) is 1.00. The third-order valence-electron chi connectivity index (χ3n) is 5.03. The standard InChI is InChI=1S/C14H28N/c1-15(2,13-9-5-3-6-10-13)14-11-7-4-8-12-14/h13-14H,3-12H2,1-2H3/q+1. The second kappa shape index (κ2) is 4.86. The Kier molecular flexibility index (Phi) is 3.71. The third-order valence-corrected chi connectivity index (χ3v) is 5.03. The van der Waals surface area contributed by atoms with E-state index in [2.05, 4.69) is 14.1 Å². The lowest BCUT2D eigenvalue weighted by Gasteiger charge is -2.47. The lowest BCUT2D eigenvalue weighted by molar-refractivity contribution is -0.941. The fourth-order valence-electron chi connectivity index (χ4n) is 3.79. The van der Waals surface area contributed by atoms with E-state index in [0.29, 0.717) is 0 Å². The zero-order valence-corrected chi connectivity index (χ0v) is 10.7. The van der Waals surface area contributed by atoms with Crippen molar-refractivity contribution in [2.24, 2.45) is 0 Å². The molecular formula is C14H28N+. The fourth-order valence-corrected chi connectivity index (χ4v) is 3.79. The van der Waals surface area contributed by atoms with Gasteiger partial charge in [0.25, 0.3) is 0 Å². The van der Waals surface area contributed by atoms with E-state index in [1.807, 2.05) is 0 Å². The molecule has 2 rings (SSSR count). The smallest absolute Gasteiger partial charge is 0.0888 e. The maximum Gasteiger partial charge on any atom is 0.0888 e. The molecule has 0 bridgehead atoms. The Morgan fingerprint density at radius 1 is 0.600 bits per heavy atom. The summed E-state index contributed by atoms with van der Waals surface area (Å²) >= 11 is 0. The van der Waals surface area contributed by atoms with Gasteiger partial charge in [0.05, 0.1) is 26.2 Å². The van der Waals surface area contributed by atoms with Crippen LogP contribution in [0.2, 0.25) is 0 Å². The average Bonchev–Trinajstić information content (AvgIpc) is 2.31. The summed E-state index contributed by atoms with van der Waals surface area (Å²) in [6, 6.07) is 1.95. The van der Waals surface area contributed by atoms with Gasteiger partial charge in [0.15, 0.2) is 0 Å². The SMILES string of the molecule is C[N+](C)(C1CCCCC1)C1CCCCC1. The van der Waals surface area contributed by atoms with Crippen LogP contribution in [0.25, 0.3) is 0 Å². The van der Waals surface area contributed by atoms with E-state index in [0.717, 1.165) is 12.1 Å². The first-order valence-corrected chi connectivity index (χ1v) is 7.04. The molecule has 2 aliphatic carbocycles. The van der Waals surface area contributed by atoms with Gasteiger partial charge in [-0.05, 0) is 51.4 Å². The molecule has 0 radical (unpaired) electrons. The van der Waals surface area contributed by atoms with Crippen LogP contribution in [0.5, 0.6) is 0 Å². The van der Waals surface area contributed by atoms with Gasteiger partial charge < -0.3 is 4.48 Å². The lowest BCUT2D eigenvalue weighted by Crippen LogP contribution is -2.56. The molecule has 0 aliphatic heterocycles. The number of hydrogen-bond donors (Lipinski definition) is 0. The van der Waals surface area contributed by atoms with E-state index in [-0.39, 0.29) is 0 Å². The van der Waals surface area contributed by atoms with Crippen LogP contribution in [-0.2, 0) is 0 Å². The minimum atomic E-state index is 0.974. The van der Waals surface area contributed by atoms with E-state index in [1.165, 1.54) is 68.7 Å². The maximum absolute atomic E-state index is 2.51. The molecule has 88 valence electrons. The first-order valence-electron chi connectivity index (χ1n) is 7.04. The normalized spacial score (nSPS) is 26.8. The Balaban J connectivity index is 1.96. The minimum Gasteiger partial charge on any atom is -0.324 e. The van der Waals surface area contributed by atoms with Gasteiger partial charge in [0.1, 0.15) is 0 Å². The van der Waals surface area contributed by atoms with Crippen LogP contribution in [0.3, 0.4) is 0 Å². The molecule has 2 aliphatic rings. The highest BCUT2D eigenvalue weighted by atomic mass is 15.4. The van der Waals surface area contributed by atoms with Gasteiger partial charge >= 0.3 is 0 Å². The molecule has 1 heteroatoms. The van der Waals surface area contributed by atoms with Crippen molar-refractivity contribution >= 4 is 0 Å². The van der Waals surface area contributed by atoms with Gasteiger partial charge in [0.2, 0.25) is 0 Å². The third kappa shape index (κ3) is 2.55. The largest absolute Gasteiger partial charge is 0.324 e. The Morgan fingerprint density at radius 3 is 1.27 bits per heavy atom. The van der Waals surface area contributed by atoms with Crippen molar-refractivity contribution in [1.82, 2.24) is 0 Å². The molecule has 0 saturated heterocycles. The van der Waals surface area contributed by atoms with Gasteiger partial charge in [-0.15, -0.1) is 0 Å². The highest BCUT2D eigenvalue weighted by Crippen LogP contribution is 2.33. The van der Waals surface area contributed by atoms with Crippen molar-refractivity contribution in [2.45, 2.75) is 76.3 Å². The van der Waals surface area contributed by atoms with E-state index in [4.69, 9.17) is 0 Å². The summed E-state index contributed by atoms with van der Waals surface area (Å²) < 4.78 is 1.33. The zero-order valence-electron chi connectivity index (χ0n) is 10.7. The molecule has 15 heavy (non-hydrogen) atoms. The van der Waals surface area contributed by atoms with Gasteiger partial charge in [-0.2, -0.15) is 0 Å². The number of rotatable bonds is 2. The van der Waals surface area contributed by atoms with E-state index in [9.17, 15) is 0 Å². The van der Waals surface area contributed by atoms with Crippen LogP contribution in [0, 0.1) is 0 Å².